The van der Waals surface area contributed by atoms with Gasteiger partial charge in [-0.3, -0.25) is 0 Å². The van der Waals surface area contributed by atoms with E-state index in [2.05, 4.69) is 10.3 Å². The Kier molecular flexibility index (Phi) is 3.98. The molecule has 1 aliphatic rings. The Labute approximate surface area is 114 Å². The summed E-state index contributed by atoms with van der Waals surface area (Å²) < 4.78 is 28.7. The lowest BCUT2D eigenvalue weighted by molar-refractivity contribution is 0.244. The number of nitrogens with one attached hydrogen (secondary N) is 1. The second-order valence-electron chi connectivity index (χ2n) is 5.15. The zero-order valence-corrected chi connectivity index (χ0v) is 12.7. The van der Waals surface area contributed by atoms with E-state index in [-0.39, 0.29) is 17.1 Å². The van der Waals surface area contributed by atoms with Crippen molar-refractivity contribution < 1.29 is 8.42 Å². The maximum Gasteiger partial charge on any atom is 0.262 e. The first-order valence-electron chi connectivity index (χ1n) is 6.65. The number of hydrogen-bond acceptors (Lipinski definition) is 4. The molecule has 2 heterocycles. The predicted molar refractivity (Wildman–Crippen MR) is 73.5 cm³/mol. The van der Waals surface area contributed by atoms with Crippen molar-refractivity contribution in [3.05, 3.63) is 12.0 Å². The summed E-state index contributed by atoms with van der Waals surface area (Å²) in [7, 11) is -3.49. The van der Waals surface area contributed by atoms with Crippen LogP contribution in [-0.4, -0.2) is 47.4 Å². The van der Waals surface area contributed by atoms with E-state index in [0.29, 0.717) is 13.1 Å². The highest BCUT2D eigenvalue weighted by Gasteiger charge is 2.35. The summed E-state index contributed by atoms with van der Waals surface area (Å²) in [6, 6.07) is 0.119. The molecule has 1 aromatic rings. The maximum atomic E-state index is 12.6. The minimum Gasteiger partial charge on any atom is -0.334 e. The lowest BCUT2D eigenvalue weighted by Gasteiger charge is -2.35. The van der Waals surface area contributed by atoms with Crippen LogP contribution in [0, 0.1) is 6.92 Å². The summed E-state index contributed by atoms with van der Waals surface area (Å²) in [4.78, 5) is 4.20. The first-order chi connectivity index (χ1) is 8.86. The molecular weight excluding hydrogens is 264 g/mol. The number of rotatable bonds is 3. The van der Waals surface area contributed by atoms with Crippen LogP contribution in [0.1, 0.15) is 26.6 Å². The van der Waals surface area contributed by atoms with Gasteiger partial charge in [0.1, 0.15) is 5.82 Å². The second kappa shape index (κ2) is 5.22. The van der Waals surface area contributed by atoms with E-state index in [1.807, 2.05) is 32.3 Å². The molecule has 1 fully saturated rings. The second-order valence-corrected chi connectivity index (χ2v) is 6.98. The molecule has 2 unspecified atom stereocenters. The molecule has 2 rings (SSSR count). The largest absolute Gasteiger partial charge is 0.334 e. The molecule has 1 aromatic heterocycles. The molecule has 19 heavy (non-hydrogen) atoms. The molecule has 6 nitrogen and oxygen atoms in total. The maximum absolute atomic E-state index is 12.6. The monoisotopic (exact) mass is 286 g/mol. The van der Waals surface area contributed by atoms with Crippen molar-refractivity contribution in [2.24, 2.45) is 0 Å². The molecular formula is C12H22N4O2S. The summed E-state index contributed by atoms with van der Waals surface area (Å²) in [5.41, 5.74) is 0. The Morgan fingerprint density at radius 3 is 2.74 bits per heavy atom. The third-order valence-electron chi connectivity index (χ3n) is 3.57. The molecule has 0 radical (unpaired) electrons. The first kappa shape index (κ1) is 14.5. The van der Waals surface area contributed by atoms with Crippen LogP contribution in [0.2, 0.25) is 0 Å². The molecule has 108 valence electrons. The molecule has 0 aromatic carbocycles. The predicted octanol–water partition coefficient (Wildman–Crippen LogP) is 0.582. The molecule has 0 aliphatic carbocycles. The Morgan fingerprint density at radius 1 is 1.47 bits per heavy atom. The number of piperazine rings is 1. The van der Waals surface area contributed by atoms with Crippen LogP contribution in [-0.2, 0) is 16.6 Å². The SMILES string of the molecule is CCn1cc(S(=O)(=O)N2CC(C)NCC2C)nc1C. The quantitative estimate of drug-likeness (QED) is 0.883. The zero-order valence-electron chi connectivity index (χ0n) is 11.9. The van der Waals surface area contributed by atoms with Crippen LogP contribution in [0.4, 0.5) is 0 Å². The first-order valence-corrected chi connectivity index (χ1v) is 8.09. The standard InChI is InChI=1S/C12H22N4O2S/c1-5-15-8-12(14-11(15)4)19(17,18)16-7-9(2)13-6-10(16)3/h8-10,13H,5-7H2,1-4H3. The fourth-order valence-electron chi connectivity index (χ4n) is 2.37. The van der Waals surface area contributed by atoms with Gasteiger partial charge in [0, 0.05) is 37.9 Å². The van der Waals surface area contributed by atoms with Gasteiger partial charge in [0.2, 0.25) is 0 Å². The van der Waals surface area contributed by atoms with Crippen LogP contribution < -0.4 is 5.32 Å². The van der Waals surface area contributed by atoms with Crippen LogP contribution in [0.3, 0.4) is 0 Å². The van der Waals surface area contributed by atoms with E-state index < -0.39 is 10.0 Å². The van der Waals surface area contributed by atoms with Crippen LogP contribution >= 0.6 is 0 Å². The molecule has 0 saturated carbocycles. The molecule has 2 atom stereocenters. The highest BCUT2D eigenvalue weighted by molar-refractivity contribution is 7.89. The van der Waals surface area contributed by atoms with E-state index in [9.17, 15) is 8.42 Å². The van der Waals surface area contributed by atoms with Crippen molar-refractivity contribution >= 4 is 10.0 Å². The highest BCUT2D eigenvalue weighted by atomic mass is 32.2. The Balaban J connectivity index is 2.35. The van der Waals surface area contributed by atoms with E-state index in [4.69, 9.17) is 0 Å². The molecule has 1 aliphatic heterocycles. The number of hydrogen-bond donors (Lipinski definition) is 1. The molecule has 7 heteroatoms. The number of imidazole rings is 1. The number of aromatic nitrogens is 2. The lowest BCUT2D eigenvalue weighted by Crippen LogP contribution is -2.56. The zero-order chi connectivity index (χ0) is 14.2. The third-order valence-corrected chi connectivity index (χ3v) is 5.43. The fourth-order valence-corrected chi connectivity index (χ4v) is 4.08. The third kappa shape index (κ3) is 2.68. The van der Waals surface area contributed by atoms with Crippen molar-refractivity contribution in [3.8, 4) is 0 Å². The average molecular weight is 286 g/mol. The Hall–Kier alpha value is -0.920. The van der Waals surface area contributed by atoms with Gasteiger partial charge in [0.15, 0.2) is 5.03 Å². The van der Waals surface area contributed by atoms with Gasteiger partial charge >= 0.3 is 0 Å². The summed E-state index contributed by atoms with van der Waals surface area (Å²) in [5.74, 6) is 0.733. The van der Waals surface area contributed by atoms with Gasteiger partial charge in [-0.1, -0.05) is 0 Å². The van der Waals surface area contributed by atoms with Crippen LogP contribution in [0.15, 0.2) is 11.2 Å². The number of sulfonamides is 1. The van der Waals surface area contributed by atoms with Gasteiger partial charge in [-0.25, -0.2) is 13.4 Å². The minimum absolute atomic E-state index is 0.0479. The van der Waals surface area contributed by atoms with E-state index in [1.165, 1.54) is 0 Å². The molecule has 1 saturated heterocycles. The summed E-state index contributed by atoms with van der Waals surface area (Å²) in [6.45, 7) is 9.59. The van der Waals surface area contributed by atoms with Crippen molar-refractivity contribution in [2.45, 2.75) is 51.3 Å². The number of nitrogens with zero attached hydrogens (tertiary/aromatic N) is 3. The summed E-state index contributed by atoms with van der Waals surface area (Å²) in [6.07, 6.45) is 1.63. The molecule has 0 bridgehead atoms. The Morgan fingerprint density at radius 2 is 2.16 bits per heavy atom. The van der Waals surface area contributed by atoms with Crippen molar-refractivity contribution in [1.29, 1.82) is 0 Å². The van der Waals surface area contributed by atoms with Crippen molar-refractivity contribution in [1.82, 2.24) is 19.2 Å². The fraction of sp³-hybridized carbons (Fsp3) is 0.750. The number of aryl methyl sites for hydroxylation is 2. The van der Waals surface area contributed by atoms with Gasteiger partial charge < -0.3 is 9.88 Å². The smallest absolute Gasteiger partial charge is 0.262 e. The average Bonchev–Trinajstić information content (AvgIpc) is 2.74. The normalized spacial score (nSPS) is 25.7. The topological polar surface area (TPSA) is 67.2 Å². The molecule has 0 spiro atoms. The Bertz CT molecular complexity index is 552. The van der Waals surface area contributed by atoms with E-state index >= 15 is 0 Å². The van der Waals surface area contributed by atoms with Gasteiger partial charge in [-0.05, 0) is 27.7 Å². The van der Waals surface area contributed by atoms with Gasteiger partial charge in [0.05, 0.1) is 0 Å². The molecule has 1 N–H and O–H groups in total. The minimum atomic E-state index is -3.49. The summed E-state index contributed by atoms with van der Waals surface area (Å²) >= 11 is 0. The van der Waals surface area contributed by atoms with Gasteiger partial charge in [0.25, 0.3) is 10.0 Å². The van der Waals surface area contributed by atoms with Crippen LogP contribution in [0.5, 0.6) is 0 Å². The molecule has 0 amide bonds. The van der Waals surface area contributed by atoms with E-state index in [1.54, 1.807) is 10.5 Å². The highest BCUT2D eigenvalue weighted by Crippen LogP contribution is 2.20. The van der Waals surface area contributed by atoms with E-state index in [0.717, 1.165) is 12.4 Å². The van der Waals surface area contributed by atoms with Crippen molar-refractivity contribution in [3.63, 3.8) is 0 Å². The van der Waals surface area contributed by atoms with Crippen LogP contribution in [0.25, 0.3) is 0 Å². The van der Waals surface area contributed by atoms with Gasteiger partial charge in [-0.15, -0.1) is 0 Å². The lowest BCUT2D eigenvalue weighted by atomic mass is 10.2. The van der Waals surface area contributed by atoms with Crippen molar-refractivity contribution in [2.75, 3.05) is 13.1 Å². The summed E-state index contributed by atoms with van der Waals surface area (Å²) in [5, 5.41) is 3.44. The van der Waals surface area contributed by atoms with Gasteiger partial charge in [-0.2, -0.15) is 4.31 Å².